The van der Waals surface area contributed by atoms with E-state index in [9.17, 15) is 4.79 Å². The van der Waals surface area contributed by atoms with Crippen molar-refractivity contribution in [3.63, 3.8) is 0 Å². The first-order valence-corrected chi connectivity index (χ1v) is 9.86. The number of aromatic nitrogens is 2. The number of nitrogens with one attached hydrogen (secondary N) is 2. The number of hydrogen-bond acceptors (Lipinski definition) is 4. The molecule has 2 amide bonds. The number of anilines is 1. The fourth-order valence-electron chi connectivity index (χ4n) is 3.56. The van der Waals surface area contributed by atoms with Crippen molar-refractivity contribution in [2.24, 2.45) is 0 Å². The molecule has 1 aromatic heterocycles. The Morgan fingerprint density at radius 2 is 2.00 bits per heavy atom. The minimum Gasteiger partial charge on any atom is -0.375 e. The lowest BCUT2D eigenvalue weighted by Crippen LogP contribution is -2.54. The Labute approximate surface area is 157 Å². The lowest BCUT2D eigenvalue weighted by molar-refractivity contribution is -0.168. The molecule has 138 valence electrons. The summed E-state index contributed by atoms with van der Waals surface area (Å²) in [6.07, 6.45) is 3.00. The van der Waals surface area contributed by atoms with Crippen LogP contribution in [-0.2, 0) is 4.74 Å². The van der Waals surface area contributed by atoms with Crippen LogP contribution >= 0.6 is 11.8 Å². The van der Waals surface area contributed by atoms with E-state index in [2.05, 4.69) is 15.5 Å². The molecule has 6 nitrogen and oxygen atoms in total. The van der Waals surface area contributed by atoms with Crippen LogP contribution < -0.4 is 5.32 Å². The SMILES string of the molecule is Cc1n[nH]c(C)c1Sc1ccccc1NC(=O)N1CCC2(CCO2)CC1. The topological polar surface area (TPSA) is 70.2 Å². The molecular formula is C19H24N4O2S. The summed E-state index contributed by atoms with van der Waals surface area (Å²) in [5.41, 5.74) is 2.90. The zero-order valence-electron chi connectivity index (χ0n) is 15.2. The van der Waals surface area contributed by atoms with Crippen molar-refractivity contribution in [2.45, 2.75) is 48.5 Å². The van der Waals surface area contributed by atoms with Crippen molar-refractivity contribution in [3.8, 4) is 0 Å². The number of benzene rings is 1. The number of aromatic amines is 1. The third kappa shape index (κ3) is 3.33. The number of amides is 2. The van der Waals surface area contributed by atoms with E-state index in [0.29, 0.717) is 0 Å². The third-order valence-electron chi connectivity index (χ3n) is 5.33. The summed E-state index contributed by atoms with van der Waals surface area (Å²) in [5.74, 6) is 0. The Bertz CT molecular complexity index is 786. The number of nitrogens with zero attached hydrogens (tertiary/aromatic N) is 2. The molecule has 4 rings (SSSR count). The largest absolute Gasteiger partial charge is 0.375 e. The van der Waals surface area contributed by atoms with Gasteiger partial charge in [0, 0.05) is 23.7 Å². The summed E-state index contributed by atoms with van der Waals surface area (Å²) in [4.78, 5) is 16.7. The second-order valence-corrected chi connectivity index (χ2v) is 8.11. The number of carbonyl (C=O) groups excluding carboxylic acids is 1. The van der Waals surface area contributed by atoms with Crippen LogP contribution in [0, 0.1) is 13.8 Å². The molecule has 7 heteroatoms. The van der Waals surface area contributed by atoms with E-state index in [-0.39, 0.29) is 11.6 Å². The maximum atomic E-state index is 12.7. The van der Waals surface area contributed by atoms with Gasteiger partial charge in [-0.25, -0.2) is 4.79 Å². The van der Waals surface area contributed by atoms with Crippen molar-refractivity contribution in [3.05, 3.63) is 35.7 Å². The molecule has 0 radical (unpaired) electrons. The molecule has 2 fully saturated rings. The highest BCUT2D eigenvalue weighted by Gasteiger charge is 2.41. The van der Waals surface area contributed by atoms with E-state index in [1.807, 2.05) is 43.0 Å². The zero-order valence-corrected chi connectivity index (χ0v) is 16.0. The summed E-state index contributed by atoms with van der Waals surface area (Å²) in [5, 5.41) is 10.3. The van der Waals surface area contributed by atoms with Crippen molar-refractivity contribution < 1.29 is 9.53 Å². The molecule has 3 heterocycles. The molecule has 2 aromatic rings. The average Bonchev–Trinajstić information content (AvgIpc) is 2.94. The Balaban J connectivity index is 1.44. The van der Waals surface area contributed by atoms with Crippen molar-refractivity contribution in [2.75, 3.05) is 25.0 Å². The van der Waals surface area contributed by atoms with Crippen LogP contribution in [0.15, 0.2) is 34.1 Å². The first-order chi connectivity index (χ1) is 12.6. The molecule has 0 bridgehead atoms. The predicted molar refractivity (Wildman–Crippen MR) is 102 cm³/mol. The van der Waals surface area contributed by atoms with E-state index >= 15 is 0 Å². The smallest absolute Gasteiger partial charge is 0.321 e. The van der Waals surface area contributed by atoms with Crippen molar-refractivity contribution >= 4 is 23.5 Å². The van der Waals surface area contributed by atoms with Gasteiger partial charge in [-0.15, -0.1) is 0 Å². The van der Waals surface area contributed by atoms with Gasteiger partial charge in [-0.1, -0.05) is 23.9 Å². The van der Waals surface area contributed by atoms with E-state index in [1.54, 1.807) is 11.8 Å². The number of rotatable bonds is 3. The lowest BCUT2D eigenvalue weighted by Gasteiger charge is -2.47. The molecule has 2 N–H and O–H groups in total. The van der Waals surface area contributed by atoms with Gasteiger partial charge in [0.25, 0.3) is 0 Å². The number of aryl methyl sites for hydroxylation is 2. The van der Waals surface area contributed by atoms with Gasteiger partial charge >= 0.3 is 6.03 Å². The van der Waals surface area contributed by atoms with Gasteiger partial charge in [0.1, 0.15) is 0 Å². The summed E-state index contributed by atoms with van der Waals surface area (Å²) in [6, 6.07) is 7.88. The summed E-state index contributed by atoms with van der Waals surface area (Å²) in [7, 11) is 0. The molecule has 1 spiro atoms. The zero-order chi connectivity index (χ0) is 18.1. The Morgan fingerprint density at radius 1 is 1.27 bits per heavy atom. The van der Waals surface area contributed by atoms with Gasteiger partial charge in [0.2, 0.25) is 0 Å². The number of H-pyrrole nitrogens is 1. The normalized spacial score (nSPS) is 18.6. The number of piperidine rings is 1. The molecule has 26 heavy (non-hydrogen) atoms. The third-order valence-corrected chi connectivity index (χ3v) is 6.71. The monoisotopic (exact) mass is 372 g/mol. The fraction of sp³-hybridized carbons (Fsp3) is 0.474. The van der Waals surface area contributed by atoms with E-state index < -0.39 is 0 Å². The molecule has 2 aliphatic heterocycles. The van der Waals surface area contributed by atoms with Gasteiger partial charge < -0.3 is 15.0 Å². The molecule has 1 aromatic carbocycles. The molecular weight excluding hydrogens is 348 g/mol. The van der Waals surface area contributed by atoms with E-state index in [1.165, 1.54) is 0 Å². The Kier molecular flexibility index (Phi) is 4.67. The summed E-state index contributed by atoms with van der Waals surface area (Å²) in [6.45, 7) is 6.36. The van der Waals surface area contributed by atoms with Gasteiger partial charge in [-0.05, 0) is 45.2 Å². The van der Waals surface area contributed by atoms with Gasteiger partial charge in [-0.2, -0.15) is 5.10 Å². The maximum Gasteiger partial charge on any atom is 0.321 e. The number of ether oxygens (including phenoxy) is 1. The highest BCUT2D eigenvalue weighted by atomic mass is 32.2. The molecule has 0 unspecified atom stereocenters. The quantitative estimate of drug-likeness (QED) is 0.855. The number of hydrogen-bond donors (Lipinski definition) is 2. The van der Waals surface area contributed by atoms with Crippen LogP contribution in [0.5, 0.6) is 0 Å². The van der Waals surface area contributed by atoms with Gasteiger partial charge in [-0.3, -0.25) is 5.10 Å². The standard InChI is InChI=1S/C19H24N4O2S/c1-13-17(14(2)22-21-13)26-16-6-4-3-5-15(16)20-18(24)23-10-7-19(8-11-23)9-12-25-19/h3-6H,7-12H2,1-2H3,(H,20,24)(H,21,22). The number of carbonyl (C=O) groups is 1. The van der Waals surface area contributed by atoms with Crippen LogP contribution in [0.4, 0.5) is 10.5 Å². The van der Waals surface area contributed by atoms with Crippen LogP contribution in [-0.4, -0.2) is 46.4 Å². The minimum atomic E-state index is -0.0344. The van der Waals surface area contributed by atoms with Gasteiger partial charge in [0.05, 0.1) is 28.5 Å². The first kappa shape index (κ1) is 17.4. The van der Waals surface area contributed by atoms with Gasteiger partial charge in [0.15, 0.2) is 0 Å². The van der Waals surface area contributed by atoms with E-state index in [0.717, 1.165) is 65.8 Å². The van der Waals surface area contributed by atoms with Crippen LogP contribution in [0.25, 0.3) is 0 Å². The number of likely N-dealkylation sites (tertiary alicyclic amines) is 1. The Hall–Kier alpha value is -1.99. The Morgan fingerprint density at radius 3 is 2.62 bits per heavy atom. The first-order valence-electron chi connectivity index (χ1n) is 9.05. The maximum absolute atomic E-state index is 12.7. The van der Waals surface area contributed by atoms with Crippen molar-refractivity contribution in [1.82, 2.24) is 15.1 Å². The summed E-state index contributed by atoms with van der Waals surface area (Å²) >= 11 is 1.63. The van der Waals surface area contributed by atoms with Crippen molar-refractivity contribution in [1.29, 1.82) is 0 Å². The lowest BCUT2D eigenvalue weighted by atomic mass is 9.84. The molecule has 0 aliphatic carbocycles. The highest BCUT2D eigenvalue weighted by Crippen LogP contribution is 2.38. The second kappa shape index (κ2) is 6.96. The minimum absolute atomic E-state index is 0.0344. The number of para-hydroxylation sites is 1. The molecule has 2 saturated heterocycles. The summed E-state index contributed by atoms with van der Waals surface area (Å²) < 4.78 is 5.74. The van der Waals surface area contributed by atoms with Crippen LogP contribution in [0.1, 0.15) is 30.7 Å². The van der Waals surface area contributed by atoms with Crippen LogP contribution in [0.2, 0.25) is 0 Å². The highest BCUT2D eigenvalue weighted by molar-refractivity contribution is 7.99. The molecule has 0 atom stereocenters. The molecule has 2 aliphatic rings. The second-order valence-electron chi connectivity index (χ2n) is 7.06. The average molecular weight is 372 g/mol. The number of urea groups is 1. The van der Waals surface area contributed by atoms with Crippen LogP contribution in [0.3, 0.4) is 0 Å². The fourth-order valence-corrected chi connectivity index (χ4v) is 4.54. The van der Waals surface area contributed by atoms with E-state index in [4.69, 9.17) is 4.74 Å². The molecule has 0 saturated carbocycles. The predicted octanol–water partition coefficient (Wildman–Crippen LogP) is 3.96.